The van der Waals surface area contributed by atoms with Crippen LogP contribution in [0, 0.1) is 0 Å². The normalized spacial score (nSPS) is 9.80. The number of halogens is 2. The first-order valence-corrected chi connectivity index (χ1v) is 5.38. The van der Waals surface area contributed by atoms with Crippen LogP contribution in [0.3, 0.4) is 0 Å². The molecule has 0 aliphatic carbocycles. The molecule has 0 atom stereocenters. The van der Waals surface area contributed by atoms with Gasteiger partial charge < -0.3 is 4.74 Å². The third kappa shape index (κ3) is 2.79. The highest BCUT2D eigenvalue weighted by Crippen LogP contribution is 2.28. The predicted octanol–water partition coefficient (Wildman–Crippen LogP) is 3.09. The van der Waals surface area contributed by atoms with Gasteiger partial charge in [-0.2, -0.15) is 0 Å². The van der Waals surface area contributed by atoms with Crippen LogP contribution >= 0.6 is 27.5 Å². The lowest BCUT2D eigenvalue weighted by Gasteiger charge is -2.06. The van der Waals surface area contributed by atoms with Crippen LogP contribution in [0.5, 0.6) is 0 Å². The van der Waals surface area contributed by atoms with Crippen molar-refractivity contribution in [2.75, 3.05) is 6.61 Å². The second kappa shape index (κ2) is 5.28. The highest BCUT2D eigenvalue weighted by molar-refractivity contribution is 9.10. The number of esters is 1. The molecule has 1 aromatic carbocycles. The Kier molecular flexibility index (Phi) is 4.29. The Balaban J connectivity index is 3.21. The molecule has 0 saturated carbocycles. The fourth-order valence-corrected chi connectivity index (χ4v) is 1.65. The van der Waals surface area contributed by atoms with E-state index in [4.69, 9.17) is 16.3 Å². The lowest BCUT2D eigenvalue weighted by molar-refractivity contribution is 0.0525. The van der Waals surface area contributed by atoms with Crippen LogP contribution in [-0.2, 0) is 4.74 Å². The second-order valence-corrected chi connectivity index (χ2v) is 3.90. The molecule has 1 aromatic rings. The number of hydrogen-bond donors (Lipinski definition) is 0. The van der Waals surface area contributed by atoms with Crippen molar-refractivity contribution in [3.8, 4) is 0 Å². The predicted molar refractivity (Wildman–Crippen MR) is 60.5 cm³/mol. The van der Waals surface area contributed by atoms with E-state index in [2.05, 4.69) is 15.9 Å². The van der Waals surface area contributed by atoms with E-state index in [9.17, 15) is 9.59 Å². The molecular weight excluding hydrogens is 283 g/mol. The Labute approximate surface area is 100 Å². The molecule has 0 fully saturated rings. The fourth-order valence-electron chi connectivity index (χ4n) is 1.04. The minimum absolute atomic E-state index is 0.256. The van der Waals surface area contributed by atoms with E-state index in [-0.39, 0.29) is 12.2 Å². The topological polar surface area (TPSA) is 43.4 Å². The van der Waals surface area contributed by atoms with E-state index in [0.29, 0.717) is 21.3 Å². The van der Waals surface area contributed by atoms with Crippen molar-refractivity contribution < 1.29 is 14.3 Å². The van der Waals surface area contributed by atoms with E-state index in [1.807, 2.05) is 0 Å². The fraction of sp³-hybridized carbons (Fsp3) is 0.200. The molecule has 0 heterocycles. The minimum Gasteiger partial charge on any atom is -0.462 e. The largest absolute Gasteiger partial charge is 0.462 e. The lowest BCUT2D eigenvalue weighted by atomic mass is 10.1. The van der Waals surface area contributed by atoms with E-state index < -0.39 is 5.97 Å². The van der Waals surface area contributed by atoms with Crippen molar-refractivity contribution in [1.29, 1.82) is 0 Å². The summed E-state index contributed by atoms with van der Waals surface area (Å²) in [5, 5.41) is 0.308. The first-order chi connectivity index (χ1) is 7.10. The van der Waals surface area contributed by atoms with E-state index in [1.165, 1.54) is 12.1 Å². The van der Waals surface area contributed by atoms with Crippen LogP contribution in [-0.4, -0.2) is 18.9 Å². The maximum Gasteiger partial charge on any atom is 0.339 e. The molecule has 0 radical (unpaired) electrons. The Morgan fingerprint density at radius 1 is 1.60 bits per heavy atom. The maximum atomic E-state index is 11.5. The molecule has 0 aliphatic rings. The Morgan fingerprint density at radius 2 is 2.27 bits per heavy atom. The molecule has 0 amide bonds. The van der Waals surface area contributed by atoms with Gasteiger partial charge in [0.05, 0.1) is 21.7 Å². The lowest BCUT2D eigenvalue weighted by Crippen LogP contribution is -2.06. The van der Waals surface area contributed by atoms with Gasteiger partial charge in [-0.25, -0.2) is 4.79 Å². The van der Waals surface area contributed by atoms with Crippen LogP contribution in [0.25, 0.3) is 0 Å². The van der Waals surface area contributed by atoms with Gasteiger partial charge in [0.25, 0.3) is 0 Å². The number of rotatable bonds is 3. The number of benzene rings is 1. The minimum atomic E-state index is -0.505. The van der Waals surface area contributed by atoms with Gasteiger partial charge >= 0.3 is 5.97 Å². The molecular formula is C10H8BrClO3. The van der Waals surface area contributed by atoms with Gasteiger partial charge in [-0.1, -0.05) is 11.6 Å². The molecule has 80 valence electrons. The van der Waals surface area contributed by atoms with Crippen LogP contribution in [0.2, 0.25) is 5.02 Å². The number of aldehydes is 1. The number of ether oxygens (including phenoxy) is 1. The maximum absolute atomic E-state index is 11.5. The van der Waals surface area contributed by atoms with Crippen molar-refractivity contribution in [2.45, 2.75) is 6.92 Å². The van der Waals surface area contributed by atoms with Crippen molar-refractivity contribution in [3.63, 3.8) is 0 Å². The standard InChI is InChI=1S/C10H8BrClO3/c1-2-15-10(14)7-3-6(5-13)4-8(12)9(7)11/h3-5H,2H2,1H3. The molecule has 0 aromatic heterocycles. The third-order valence-corrected chi connectivity index (χ3v) is 3.06. The Bertz CT molecular complexity index is 404. The first-order valence-electron chi connectivity index (χ1n) is 4.21. The quantitative estimate of drug-likeness (QED) is 0.635. The van der Waals surface area contributed by atoms with Crippen molar-refractivity contribution in [1.82, 2.24) is 0 Å². The highest BCUT2D eigenvalue weighted by atomic mass is 79.9. The summed E-state index contributed by atoms with van der Waals surface area (Å²) in [6.07, 6.45) is 0.626. The second-order valence-electron chi connectivity index (χ2n) is 2.70. The van der Waals surface area contributed by atoms with Gasteiger partial charge in [0.1, 0.15) is 6.29 Å². The summed E-state index contributed by atoms with van der Waals surface area (Å²) in [6, 6.07) is 2.91. The Hall–Kier alpha value is -0.870. The van der Waals surface area contributed by atoms with Crippen LogP contribution in [0.1, 0.15) is 27.6 Å². The van der Waals surface area contributed by atoms with E-state index >= 15 is 0 Å². The third-order valence-electron chi connectivity index (χ3n) is 1.68. The van der Waals surface area contributed by atoms with Crippen molar-refractivity contribution in [2.24, 2.45) is 0 Å². The van der Waals surface area contributed by atoms with Gasteiger partial charge in [-0.3, -0.25) is 4.79 Å². The average Bonchev–Trinajstić information content (AvgIpc) is 2.22. The highest BCUT2D eigenvalue weighted by Gasteiger charge is 2.14. The zero-order valence-electron chi connectivity index (χ0n) is 7.92. The monoisotopic (exact) mass is 290 g/mol. The summed E-state index contributed by atoms with van der Waals surface area (Å²) in [4.78, 5) is 22.0. The first kappa shape index (κ1) is 12.2. The summed E-state index contributed by atoms with van der Waals surface area (Å²) in [7, 11) is 0. The summed E-state index contributed by atoms with van der Waals surface area (Å²) in [5.41, 5.74) is 0.595. The molecule has 15 heavy (non-hydrogen) atoms. The Morgan fingerprint density at radius 3 is 2.80 bits per heavy atom. The van der Waals surface area contributed by atoms with Crippen LogP contribution in [0.4, 0.5) is 0 Å². The van der Waals surface area contributed by atoms with Gasteiger partial charge in [0.2, 0.25) is 0 Å². The van der Waals surface area contributed by atoms with Gasteiger partial charge in [0, 0.05) is 5.56 Å². The molecule has 1 rings (SSSR count). The van der Waals surface area contributed by atoms with E-state index in [0.717, 1.165) is 0 Å². The van der Waals surface area contributed by atoms with Gasteiger partial charge in [0.15, 0.2) is 0 Å². The van der Waals surface area contributed by atoms with Crippen LogP contribution < -0.4 is 0 Å². The van der Waals surface area contributed by atoms with Crippen LogP contribution in [0.15, 0.2) is 16.6 Å². The SMILES string of the molecule is CCOC(=O)c1cc(C=O)cc(Cl)c1Br. The molecule has 0 saturated heterocycles. The average molecular weight is 292 g/mol. The van der Waals surface area contributed by atoms with Crippen molar-refractivity contribution >= 4 is 39.8 Å². The molecule has 3 nitrogen and oxygen atoms in total. The summed E-state index contributed by atoms with van der Waals surface area (Å²) in [5.74, 6) is -0.505. The van der Waals surface area contributed by atoms with E-state index in [1.54, 1.807) is 6.92 Å². The summed E-state index contributed by atoms with van der Waals surface area (Å²) < 4.78 is 5.26. The molecule has 0 N–H and O–H groups in total. The molecule has 0 spiro atoms. The summed E-state index contributed by atoms with van der Waals surface area (Å²) >= 11 is 8.99. The molecule has 0 aliphatic heterocycles. The molecule has 5 heteroatoms. The zero-order valence-corrected chi connectivity index (χ0v) is 10.3. The van der Waals surface area contributed by atoms with Gasteiger partial charge in [-0.15, -0.1) is 0 Å². The summed E-state index contributed by atoms with van der Waals surface area (Å²) in [6.45, 7) is 1.98. The van der Waals surface area contributed by atoms with Crippen molar-refractivity contribution in [3.05, 3.63) is 32.8 Å². The van der Waals surface area contributed by atoms with Gasteiger partial charge in [-0.05, 0) is 35.0 Å². The molecule has 0 unspecified atom stereocenters. The number of carbonyl (C=O) groups excluding carboxylic acids is 2. The molecule has 0 bridgehead atoms. The number of carbonyl (C=O) groups is 2. The smallest absolute Gasteiger partial charge is 0.339 e. The zero-order chi connectivity index (χ0) is 11.4. The number of hydrogen-bond acceptors (Lipinski definition) is 3.